The number of carboxylic acid groups (broad SMARTS) is 1. The predicted molar refractivity (Wildman–Crippen MR) is 302 cm³/mol. The Morgan fingerprint density at radius 1 is 0.926 bits per heavy atom. The standard InChI is InChI=1S/C25H25F3N2O6.C15H22ClNO2.C11H11Cl2NO2.C3H8NO5P/c1-5-16-6-7-17(20(12-16)36-15(2)23(32)34-4)14-35-19-10-8-18(9-11-19)30-22(31)13-21(25(26,27)28)29(3)24(30)33;1-5-13-8-6-7-11(2)15(13)17(14(18)9-16)12(3)10-19-4;1-7-6-16-9-5-3-2-4-8(9)14(7)11(15)10(12)13;5-3(6)1-4-2-10(7,8)9/h6-13,15H,5,14H2,1-4H3;6-8,12H,5,9-10H2,1-4H3;2-5,7,10H,6H2,1H3;4H,1-2H2,(H,5,6)(H2,7,8,9). The summed E-state index contributed by atoms with van der Waals surface area (Å²) in [7, 11) is -0.241. The van der Waals surface area contributed by atoms with Gasteiger partial charge in [0.25, 0.3) is 11.5 Å². The van der Waals surface area contributed by atoms with Gasteiger partial charge in [0.15, 0.2) is 10.9 Å². The molecule has 5 aromatic rings. The summed E-state index contributed by atoms with van der Waals surface area (Å²) < 4.78 is 77.2. The Kier molecular flexibility index (Phi) is 27.4. The van der Waals surface area contributed by atoms with Crippen molar-refractivity contribution >= 4 is 77.5 Å². The lowest BCUT2D eigenvalue weighted by atomic mass is 10.0. The topological polar surface area (TPSA) is 255 Å². The maximum absolute atomic E-state index is 13.1. The Morgan fingerprint density at radius 3 is 2.14 bits per heavy atom. The van der Waals surface area contributed by atoms with Crippen molar-refractivity contribution in [2.75, 3.05) is 55.9 Å². The summed E-state index contributed by atoms with van der Waals surface area (Å²) in [6, 6.07) is 25.0. The Morgan fingerprint density at radius 2 is 1.58 bits per heavy atom. The first-order valence-electron chi connectivity index (χ1n) is 24.8. The summed E-state index contributed by atoms with van der Waals surface area (Å²) in [5.41, 5.74) is 2.13. The minimum absolute atomic E-state index is 0.0223. The summed E-state index contributed by atoms with van der Waals surface area (Å²) >= 11 is 17.0. The van der Waals surface area contributed by atoms with Crippen LogP contribution in [-0.2, 0) is 65.9 Å². The molecule has 0 spiro atoms. The number of alkyl halides is 6. The van der Waals surface area contributed by atoms with Crippen LogP contribution in [0.2, 0.25) is 0 Å². The van der Waals surface area contributed by atoms with Gasteiger partial charge in [0.1, 0.15) is 42.0 Å². The largest absolute Gasteiger partial charge is 0.489 e. The van der Waals surface area contributed by atoms with Gasteiger partial charge in [-0.3, -0.25) is 33.6 Å². The van der Waals surface area contributed by atoms with Crippen molar-refractivity contribution in [1.82, 2.24) is 14.5 Å². The molecule has 81 heavy (non-hydrogen) atoms. The van der Waals surface area contributed by atoms with Crippen LogP contribution in [0.3, 0.4) is 0 Å². The monoisotopic (exact) mass is 1220 g/mol. The number of ether oxygens (including phenoxy) is 5. The van der Waals surface area contributed by atoms with E-state index in [1.807, 2.05) is 82.3 Å². The number of nitrogens with zero attached hydrogens (tertiary/aromatic N) is 4. The van der Waals surface area contributed by atoms with Crippen LogP contribution in [0.4, 0.5) is 24.5 Å². The first kappa shape index (κ1) is 68.8. The molecular formula is C54H66Cl3F3N5O15P. The highest BCUT2D eigenvalue weighted by Gasteiger charge is 2.35. The van der Waals surface area contributed by atoms with E-state index in [0.29, 0.717) is 51.2 Å². The van der Waals surface area contributed by atoms with Crippen LogP contribution in [0.1, 0.15) is 62.6 Å². The van der Waals surface area contributed by atoms with Crippen molar-refractivity contribution < 1.29 is 75.5 Å². The molecule has 2 heterocycles. The summed E-state index contributed by atoms with van der Waals surface area (Å²) in [5, 5.41) is 10.1. The number of aromatic nitrogens is 2. The molecule has 4 N–H and O–H groups in total. The lowest BCUT2D eigenvalue weighted by Crippen LogP contribution is -2.47. The number of carbonyl (C=O) groups excluding carboxylic acids is 3. The van der Waals surface area contributed by atoms with Gasteiger partial charge in [0, 0.05) is 25.8 Å². The number of amides is 2. The fourth-order valence-corrected chi connectivity index (χ4v) is 8.55. The highest BCUT2D eigenvalue weighted by molar-refractivity contribution is 7.51. The number of para-hydroxylation sites is 3. The fourth-order valence-electron chi connectivity index (χ4n) is 7.81. The molecule has 0 aliphatic carbocycles. The van der Waals surface area contributed by atoms with E-state index in [0.717, 1.165) is 48.0 Å². The van der Waals surface area contributed by atoms with Gasteiger partial charge in [-0.2, -0.15) is 13.2 Å². The minimum atomic E-state index is -4.84. The molecule has 0 saturated carbocycles. The number of methoxy groups -OCH3 is 2. The number of halogens is 6. The second-order valence-electron chi connectivity index (χ2n) is 17.8. The van der Waals surface area contributed by atoms with Crippen LogP contribution in [0.25, 0.3) is 5.69 Å². The van der Waals surface area contributed by atoms with Gasteiger partial charge in [-0.1, -0.05) is 79.5 Å². The SMILES string of the molecule is CC1COc2ccccc2N1C(=O)C(Cl)Cl.CCc1ccc(COc2ccc(-n3c(=O)cc(C(F)(F)F)n(C)c3=O)cc2)c(OC(C)C(=O)OC)c1.CCc1cccc(C)c1N(C(=O)CCl)C(C)COC.O=C(O)CNCP(=O)(O)O. The van der Waals surface area contributed by atoms with Crippen LogP contribution >= 0.6 is 42.4 Å². The lowest BCUT2D eigenvalue weighted by Gasteiger charge is -2.35. The van der Waals surface area contributed by atoms with Crippen molar-refractivity contribution in [2.45, 2.75) is 90.2 Å². The number of carbonyl (C=O) groups is 4. The zero-order valence-electron chi connectivity index (χ0n) is 45.9. The lowest BCUT2D eigenvalue weighted by molar-refractivity contribution is -0.148. The third-order valence-electron chi connectivity index (χ3n) is 11.7. The molecular weight excluding hydrogens is 1150 g/mol. The Hall–Kier alpha value is -6.43. The number of esters is 1. The van der Waals surface area contributed by atoms with Crippen LogP contribution in [0.15, 0.2) is 101 Å². The van der Waals surface area contributed by atoms with E-state index in [2.05, 4.69) is 18.3 Å². The molecule has 2 amide bonds. The van der Waals surface area contributed by atoms with Crippen LogP contribution in [0, 0.1) is 6.92 Å². The summed E-state index contributed by atoms with van der Waals surface area (Å²) in [5.74, 6) is -0.570. The quantitative estimate of drug-likeness (QED) is 0.0345. The number of benzene rings is 4. The third kappa shape index (κ3) is 20.5. The molecule has 0 bridgehead atoms. The maximum atomic E-state index is 13.1. The molecule has 444 valence electrons. The van der Waals surface area contributed by atoms with Crippen LogP contribution < -0.4 is 40.6 Å². The molecule has 6 rings (SSSR count). The average Bonchev–Trinajstić information content (AvgIpc) is 3.57. The van der Waals surface area contributed by atoms with Gasteiger partial charge in [-0.15, -0.1) is 11.6 Å². The van der Waals surface area contributed by atoms with Crippen molar-refractivity contribution in [1.29, 1.82) is 0 Å². The van der Waals surface area contributed by atoms with E-state index in [-0.39, 0.29) is 42.1 Å². The summed E-state index contributed by atoms with van der Waals surface area (Å²) in [6.07, 6.45) is -4.63. The van der Waals surface area contributed by atoms with E-state index in [9.17, 15) is 46.5 Å². The normalized spacial score (nSPS) is 13.5. The van der Waals surface area contributed by atoms with Crippen LogP contribution in [0.5, 0.6) is 17.2 Å². The molecule has 20 nitrogen and oxygen atoms in total. The zero-order chi connectivity index (χ0) is 60.9. The molecule has 1 aliphatic heterocycles. The molecule has 3 unspecified atom stereocenters. The van der Waals surface area contributed by atoms with Gasteiger partial charge in [-0.05, 0) is 99.7 Å². The zero-order valence-corrected chi connectivity index (χ0v) is 49.0. The first-order valence-corrected chi connectivity index (χ1v) is 28.0. The number of rotatable bonds is 19. The molecule has 1 aliphatic rings. The second kappa shape index (κ2) is 32.3. The Balaban J connectivity index is 0.000000319. The van der Waals surface area contributed by atoms with Gasteiger partial charge in [0.05, 0.1) is 55.7 Å². The number of hydrogen-bond acceptors (Lipinski definition) is 13. The summed E-state index contributed by atoms with van der Waals surface area (Å²) in [4.78, 5) is 89.0. The Labute approximate surface area is 481 Å². The molecule has 0 fully saturated rings. The molecule has 0 radical (unpaired) electrons. The van der Waals surface area contributed by atoms with Gasteiger partial charge < -0.3 is 48.4 Å². The van der Waals surface area contributed by atoms with E-state index < -0.39 is 66.4 Å². The number of aliphatic carboxylic acids is 1. The van der Waals surface area contributed by atoms with E-state index in [1.54, 1.807) is 23.8 Å². The minimum Gasteiger partial charge on any atom is -0.489 e. The van der Waals surface area contributed by atoms with Crippen LogP contribution in [-0.4, -0.2) is 117 Å². The van der Waals surface area contributed by atoms with E-state index in [4.69, 9.17) is 73.4 Å². The summed E-state index contributed by atoms with van der Waals surface area (Å²) in [6.45, 7) is 12.1. The number of fused-ring (bicyclic) bond motifs is 1. The average molecular weight is 1220 g/mol. The third-order valence-corrected chi connectivity index (χ3v) is 13.0. The highest BCUT2D eigenvalue weighted by atomic mass is 35.5. The number of nitrogens with one attached hydrogen (secondary N) is 1. The van der Waals surface area contributed by atoms with Crippen molar-refractivity contribution in [3.8, 4) is 22.9 Å². The Bertz CT molecular complexity index is 3090. The van der Waals surface area contributed by atoms with Crippen molar-refractivity contribution in [3.63, 3.8) is 0 Å². The molecule has 27 heteroatoms. The molecule has 1 aromatic heterocycles. The molecule has 4 aromatic carbocycles. The predicted octanol–water partition coefficient (Wildman–Crippen LogP) is 8.20. The van der Waals surface area contributed by atoms with E-state index >= 15 is 0 Å². The molecule has 0 saturated heterocycles. The smallest absolute Gasteiger partial charge is 0.431 e. The fraction of sp³-hybridized carbons (Fsp3) is 0.407. The number of aryl methyl sites for hydroxylation is 3. The first-order chi connectivity index (χ1) is 38.0. The number of hydrogen-bond donors (Lipinski definition) is 4. The van der Waals surface area contributed by atoms with E-state index in [1.165, 1.54) is 31.4 Å². The van der Waals surface area contributed by atoms with Gasteiger partial charge in [-0.25, -0.2) is 14.2 Å². The van der Waals surface area contributed by atoms with Gasteiger partial charge in [0.2, 0.25) is 5.91 Å². The van der Waals surface area contributed by atoms with Crippen molar-refractivity contribution in [2.24, 2.45) is 7.05 Å². The van der Waals surface area contributed by atoms with Gasteiger partial charge >= 0.3 is 31.4 Å². The maximum Gasteiger partial charge on any atom is 0.431 e. The molecule has 3 atom stereocenters. The highest BCUT2D eigenvalue weighted by Crippen LogP contribution is 2.35. The van der Waals surface area contributed by atoms with Crippen molar-refractivity contribution in [3.05, 3.63) is 140 Å². The number of carboxylic acids is 1. The second-order valence-corrected chi connectivity index (χ2v) is 20.8. The number of anilines is 2.